The summed E-state index contributed by atoms with van der Waals surface area (Å²) in [6, 6.07) is 6.86. The van der Waals surface area contributed by atoms with Gasteiger partial charge in [-0.2, -0.15) is 0 Å². The van der Waals surface area contributed by atoms with Crippen molar-refractivity contribution >= 4 is 9.84 Å². The Hall–Kier alpha value is -0.870. The largest absolute Gasteiger partial charge is 0.396 e. The quantitative estimate of drug-likeness (QED) is 0.841. The summed E-state index contributed by atoms with van der Waals surface area (Å²) in [5.74, 6) is -0.0590. The van der Waals surface area contributed by atoms with E-state index in [0.29, 0.717) is 11.3 Å². The summed E-state index contributed by atoms with van der Waals surface area (Å²) in [4.78, 5) is 0.369. The molecule has 1 aromatic carbocycles. The second-order valence-corrected chi connectivity index (χ2v) is 6.24. The summed E-state index contributed by atoms with van der Waals surface area (Å²) in [6.07, 6.45) is 0.590. The van der Waals surface area contributed by atoms with Crippen LogP contribution in [0.4, 0.5) is 0 Å². The average Bonchev–Trinajstić information content (AvgIpc) is 2.98. The van der Waals surface area contributed by atoms with Crippen molar-refractivity contribution in [3.8, 4) is 0 Å². The van der Waals surface area contributed by atoms with Crippen LogP contribution in [0.3, 0.4) is 0 Å². The molecule has 0 bridgehead atoms. The Bertz CT molecular complexity index is 447. The highest BCUT2D eigenvalue weighted by molar-refractivity contribution is 7.92. The minimum Gasteiger partial charge on any atom is -0.396 e. The number of hydrogen-bond acceptors (Lipinski definition) is 3. The first-order valence-corrected chi connectivity index (χ1v) is 6.52. The van der Waals surface area contributed by atoms with E-state index in [4.69, 9.17) is 5.11 Å². The lowest BCUT2D eigenvalue weighted by molar-refractivity contribution is 0.277. The van der Waals surface area contributed by atoms with Crippen LogP contribution in [0.25, 0.3) is 0 Å². The van der Waals surface area contributed by atoms with E-state index >= 15 is 0 Å². The van der Waals surface area contributed by atoms with Crippen molar-refractivity contribution < 1.29 is 13.5 Å². The number of hydrogen-bond donors (Lipinski definition) is 1. The summed E-state index contributed by atoms with van der Waals surface area (Å²) in [7, 11) is -3.20. The molecule has 0 spiro atoms. The van der Waals surface area contributed by atoms with E-state index in [2.05, 4.69) is 0 Å². The van der Waals surface area contributed by atoms with E-state index in [0.717, 1.165) is 5.56 Å². The summed E-state index contributed by atoms with van der Waals surface area (Å²) >= 11 is 0. The molecule has 1 fully saturated rings. The third-order valence-corrected chi connectivity index (χ3v) is 5.14. The van der Waals surface area contributed by atoms with E-state index in [9.17, 15) is 8.42 Å². The fourth-order valence-electron chi connectivity index (χ4n) is 1.69. The average molecular weight is 226 g/mol. The number of benzene rings is 1. The highest BCUT2D eigenvalue weighted by Gasteiger charge is 2.47. The van der Waals surface area contributed by atoms with Gasteiger partial charge in [0, 0.05) is 12.5 Å². The van der Waals surface area contributed by atoms with Gasteiger partial charge in [0.2, 0.25) is 0 Å². The number of sulfone groups is 1. The van der Waals surface area contributed by atoms with E-state index in [-0.39, 0.29) is 17.8 Å². The third-order valence-electron chi connectivity index (χ3n) is 2.84. The van der Waals surface area contributed by atoms with E-state index in [1.54, 1.807) is 24.3 Å². The fraction of sp³-hybridized carbons (Fsp3) is 0.455. The van der Waals surface area contributed by atoms with Crippen LogP contribution in [0.15, 0.2) is 29.2 Å². The molecule has 1 aromatic rings. The van der Waals surface area contributed by atoms with Crippen molar-refractivity contribution in [3.63, 3.8) is 0 Å². The first kappa shape index (κ1) is 10.6. The normalized spacial score (nSPS) is 25.2. The van der Waals surface area contributed by atoms with Crippen LogP contribution < -0.4 is 0 Å². The molecule has 0 aromatic heterocycles. The summed E-state index contributed by atoms with van der Waals surface area (Å²) in [5.41, 5.74) is 1.04. The predicted molar refractivity (Wildman–Crippen MR) is 57.3 cm³/mol. The highest BCUT2D eigenvalue weighted by Crippen LogP contribution is 2.39. The molecular formula is C11H14O3S. The van der Waals surface area contributed by atoms with Gasteiger partial charge in [-0.3, -0.25) is 0 Å². The van der Waals surface area contributed by atoms with Crippen LogP contribution >= 0.6 is 0 Å². The maximum Gasteiger partial charge on any atom is 0.181 e. The Kier molecular flexibility index (Phi) is 2.56. The lowest BCUT2D eigenvalue weighted by Crippen LogP contribution is -2.10. The second-order valence-electron chi connectivity index (χ2n) is 4.07. The lowest BCUT2D eigenvalue weighted by atomic mass is 10.2. The Morgan fingerprint density at radius 2 is 1.93 bits per heavy atom. The molecule has 1 aliphatic carbocycles. The first-order valence-electron chi connectivity index (χ1n) is 4.97. The summed E-state index contributed by atoms with van der Waals surface area (Å²) in [5, 5.41) is 8.50. The molecule has 82 valence electrons. The minimum atomic E-state index is -3.20. The zero-order valence-electron chi connectivity index (χ0n) is 8.55. The molecule has 0 heterocycles. The Morgan fingerprint density at radius 3 is 2.40 bits per heavy atom. The van der Waals surface area contributed by atoms with Crippen LogP contribution in [0.1, 0.15) is 12.0 Å². The van der Waals surface area contributed by atoms with Crippen molar-refractivity contribution in [2.45, 2.75) is 23.5 Å². The number of aliphatic hydroxyl groups is 1. The van der Waals surface area contributed by atoms with E-state index in [1.165, 1.54) is 0 Å². The lowest BCUT2D eigenvalue weighted by Gasteiger charge is -2.03. The summed E-state index contributed by atoms with van der Waals surface area (Å²) < 4.78 is 23.9. The van der Waals surface area contributed by atoms with Crippen LogP contribution in [-0.2, 0) is 9.84 Å². The van der Waals surface area contributed by atoms with Gasteiger partial charge in [0.25, 0.3) is 0 Å². The first-order chi connectivity index (χ1) is 7.05. The molecule has 2 atom stereocenters. The van der Waals surface area contributed by atoms with Crippen molar-refractivity contribution in [1.29, 1.82) is 0 Å². The van der Waals surface area contributed by atoms with Gasteiger partial charge in [0.1, 0.15) is 0 Å². The fourth-order valence-corrected chi connectivity index (χ4v) is 3.65. The molecule has 0 saturated heterocycles. The van der Waals surface area contributed by atoms with Gasteiger partial charge >= 0.3 is 0 Å². The molecule has 2 unspecified atom stereocenters. The third kappa shape index (κ3) is 1.92. The van der Waals surface area contributed by atoms with E-state index < -0.39 is 9.84 Å². The monoisotopic (exact) mass is 226 g/mol. The minimum absolute atomic E-state index is 0.0320. The Morgan fingerprint density at radius 1 is 1.33 bits per heavy atom. The molecule has 1 N–H and O–H groups in total. The van der Waals surface area contributed by atoms with Crippen molar-refractivity contribution in [2.75, 3.05) is 6.61 Å². The SMILES string of the molecule is Cc1ccc(S(=O)(=O)C2CC2CO)cc1. The predicted octanol–water partition coefficient (Wildman–Crippen LogP) is 1.15. The Balaban J connectivity index is 2.27. The van der Waals surface area contributed by atoms with Gasteiger partial charge in [-0.15, -0.1) is 0 Å². The van der Waals surface area contributed by atoms with E-state index in [1.807, 2.05) is 6.92 Å². The number of aryl methyl sites for hydroxylation is 1. The molecule has 1 aliphatic rings. The molecule has 15 heavy (non-hydrogen) atoms. The van der Waals surface area contributed by atoms with Gasteiger partial charge < -0.3 is 5.11 Å². The van der Waals surface area contributed by atoms with Crippen LogP contribution in [0, 0.1) is 12.8 Å². The zero-order chi connectivity index (χ0) is 11.1. The van der Waals surface area contributed by atoms with Gasteiger partial charge in [-0.25, -0.2) is 8.42 Å². The van der Waals surface area contributed by atoms with Crippen LogP contribution in [0.2, 0.25) is 0 Å². The molecule has 1 saturated carbocycles. The number of aliphatic hydroxyl groups excluding tert-OH is 1. The van der Waals surface area contributed by atoms with Gasteiger partial charge in [0.05, 0.1) is 10.1 Å². The molecule has 0 radical (unpaired) electrons. The van der Waals surface area contributed by atoms with Crippen LogP contribution in [0.5, 0.6) is 0 Å². The smallest absolute Gasteiger partial charge is 0.181 e. The molecule has 4 heteroatoms. The van der Waals surface area contributed by atoms with Crippen molar-refractivity contribution in [3.05, 3.63) is 29.8 Å². The highest BCUT2D eigenvalue weighted by atomic mass is 32.2. The summed E-state index contributed by atoms with van der Waals surface area (Å²) in [6.45, 7) is 1.89. The molecular weight excluding hydrogens is 212 g/mol. The Labute approximate surface area is 89.7 Å². The zero-order valence-corrected chi connectivity index (χ0v) is 9.37. The van der Waals surface area contributed by atoms with Gasteiger partial charge in [-0.1, -0.05) is 17.7 Å². The molecule has 0 aliphatic heterocycles. The molecule has 3 nitrogen and oxygen atoms in total. The number of rotatable bonds is 3. The topological polar surface area (TPSA) is 54.4 Å². The second kappa shape index (κ2) is 3.61. The standard InChI is InChI=1S/C11H14O3S/c1-8-2-4-10(5-3-8)15(13,14)11-6-9(11)7-12/h2-5,9,11-12H,6-7H2,1H3. The van der Waals surface area contributed by atoms with Crippen molar-refractivity contribution in [2.24, 2.45) is 5.92 Å². The molecule has 0 amide bonds. The van der Waals surface area contributed by atoms with Gasteiger partial charge in [0.15, 0.2) is 9.84 Å². The van der Waals surface area contributed by atoms with Gasteiger partial charge in [-0.05, 0) is 25.5 Å². The maximum absolute atomic E-state index is 12.0. The molecule has 2 rings (SSSR count). The van der Waals surface area contributed by atoms with Crippen molar-refractivity contribution in [1.82, 2.24) is 0 Å². The van der Waals surface area contributed by atoms with Crippen LogP contribution in [-0.4, -0.2) is 25.4 Å². The maximum atomic E-state index is 12.0.